The predicted molar refractivity (Wildman–Crippen MR) is 109 cm³/mol. The van der Waals surface area contributed by atoms with Crippen molar-refractivity contribution >= 4 is 33.7 Å². The van der Waals surface area contributed by atoms with Gasteiger partial charge in [-0.2, -0.15) is 0 Å². The molecule has 0 radical (unpaired) electrons. The number of nitrogens with zero attached hydrogens (tertiary/aromatic N) is 4. The van der Waals surface area contributed by atoms with Crippen molar-refractivity contribution in [2.24, 2.45) is 4.99 Å². The topological polar surface area (TPSA) is 23.8 Å². The first-order chi connectivity index (χ1) is 12.6. The van der Waals surface area contributed by atoms with Crippen LogP contribution in [0.1, 0.15) is 23.2 Å². The summed E-state index contributed by atoms with van der Waals surface area (Å²) in [5.74, 6) is 0. The van der Waals surface area contributed by atoms with E-state index >= 15 is 0 Å². The first-order valence-electron chi connectivity index (χ1n) is 9.36. The molecule has 1 aliphatic carbocycles. The number of hydrogen-bond acceptors (Lipinski definition) is 3. The van der Waals surface area contributed by atoms with E-state index in [1.807, 2.05) is 0 Å². The summed E-state index contributed by atoms with van der Waals surface area (Å²) < 4.78 is 2.31. The van der Waals surface area contributed by atoms with Crippen molar-refractivity contribution in [2.45, 2.75) is 19.8 Å². The van der Waals surface area contributed by atoms with Gasteiger partial charge in [-0.25, -0.2) is 4.99 Å². The average molecular weight is 367 g/mol. The maximum Gasteiger partial charge on any atom is 0.138 e. The van der Waals surface area contributed by atoms with E-state index in [1.54, 1.807) is 0 Å². The Hall–Kier alpha value is -2.04. The van der Waals surface area contributed by atoms with Crippen molar-refractivity contribution in [1.29, 1.82) is 0 Å². The molecule has 0 saturated carbocycles. The molecule has 3 aliphatic rings. The second-order valence-electron chi connectivity index (χ2n) is 7.51. The van der Waals surface area contributed by atoms with Crippen molar-refractivity contribution in [3.05, 3.63) is 47.3 Å². The summed E-state index contributed by atoms with van der Waals surface area (Å²) >= 11 is 6.73. The van der Waals surface area contributed by atoms with Crippen LogP contribution in [0.15, 0.2) is 35.5 Å². The van der Waals surface area contributed by atoms with Crippen LogP contribution in [0.3, 0.4) is 0 Å². The van der Waals surface area contributed by atoms with Gasteiger partial charge in [0.2, 0.25) is 0 Å². The van der Waals surface area contributed by atoms with Gasteiger partial charge in [0, 0.05) is 37.9 Å². The van der Waals surface area contributed by atoms with E-state index in [0.29, 0.717) is 5.17 Å². The molecule has 26 heavy (non-hydrogen) atoms. The molecule has 5 heteroatoms. The molecule has 4 nitrogen and oxygen atoms in total. The largest absolute Gasteiger partial charge is 0.367 e. The van der Waals surface area contributed by atoms with Gasteiger partial charge in [-0.05, 0) is 50.1 Å². The average Bonchev–Trinajstić information content (AvgIpc) is 3.01. The highest BCUT2D eigenvalue weighted by Crippen LogP contribution is 2.44. The van der Waals surface area contributed by atoms with E-state index < -0.39 is 0 Å². The number of piperazine rings is 1. The fourth-order valence-corrected chi connectivity index (χ4v) is 4.61. The normalized spacial score (nSPS) is 19.4. The van der Waals surface area contributed by atoms with Crippen LogP contribution in [0.25, 0.3) is 11.3 Å². The minimum atomic E-state index is 0.616. The molecule has 0 unspecified atom stereocenters. The van der Waals surface area contributed by atoms with Crippen molar-refractivity contribution in [3.63, 3.8) is 0 Å². The van der Waals surface area contributed by atoms with Crippen LogP contribution >= 0.6 is 11.6 Å². The lowest BCUT2D eigenvalue weighted by Crippen LogP contribution is -2.44. The summed E-state index contributed by atoms with van der Waals surface area (Å²) in [5, 5.41) is 0.616. The second kappa shape index (κ2) is 6.00. The molecule has 0 N–H and O–H groups in total. The highest BCUT2D eigenvalue weighted by molar-refractivity contribution is 6.76. The second-order valence-corrected chi connectivity index (χ2v) is 7.87. The number of rotatable bonds is 1. The molecule has 1 aromatic heterocycles. The molecule has 2 aromatic rings. The van der Waals surface area contributed by atoms with E-state index in [0.717, 1.165) is 50.3 Å². The van der Waals surface area contributed by atoms with Gasteiger partial charge in [0.05, 0.1) is 17.1 Å². The summed E-state index contributed by atoms with van der Waals surface area (Å²) in [7, 11) is 2.18. The van der Waals surface area contributed by atoms with Gasteiger partial charge in [-0.1, -0.05) is 23.7 Å². The first kappa shape index (κ1) is 16.2. The van der Waals surface area contributed by atoms with Gasteiger partial charge < -0.3 is 14.4 Å². The van der Waals surface area contributed by atoms with Gasteiger partial charge in [0.1, 0.15) is 10.9 Å². The van der Waals surface area contributed by atoms with Crippen LogP contribution in [-0.2, 0) is 6.42 Å². The van der Waals surface area contributed by atoms with E-state index in [-0.39, 0.29) is 0 Å². The van der Waals surface area contributed by atoms with Crippen LogP contribution in [0.4, 0.5) is 11.4 Å². The smallest absolute Gasteiger partial charge is 0.138 e. The van der Waals surface area contributed by atoms with Gasteiger partial charge in [0.25, 0.3) is 0 Å². The van der Waals surface area contributed by atoms with Crippen LogP contribution in [-0.4, -0.2) is 47.9 Å². The van der Waals surface area contributed by atoms with Gasteiger partial charge in [-0.15, -0.1) is 0 Å². The van der Waals surface area contributed by atoms with E-state index in [9.17, 15) is 0 Å². The van der Waals surface area contributed by atoms with E-state index in [1.165, 1.54) is 28.2 Å². The Kier molecular flexibility index (Phi) is 3.73. The molecule has 1 fully saturated rings. The summed E-state index contributed by atoms with van der Waals surface area (Å²) in [5.41, 5.74) is 8.28. The number of anilines is 1. The van der Waals surface area contributed by atoms with Crippen LogP contribution in [0.5, 0.6) is 0 Å². The molecular formula is C21H23ClN4. The minimum Gasteiger partial charge on any atom is -0.367 e. The Morgan fingerprint density at radius 2 is 1.88 bits per heavy atom. The zero-order valence-corrected chi connectivity index (χ0v) is 16.1. The summed E-state index contributed by atoms with van der Waals surface area (Å²) in [6, 6.07) is 6.68. The summed E-state index contributed by atoms with van der Waals surface area (Å²) in [4.78, 5) is 9.77. The number of halogens is 1. The molecule has 0 spiro atoms. The van der Waals surface area contributed by atoms with Crippen molar-refractivity contribution < 1.29 is 0 Å². The van der Waals surface area contributed by atoms with Gasteiger partial charge in [-0.3, -0.25) is 0 Å². The van der Waals surface area contributed by atoms with E-state index in [4.69, 9.17) is 16.6 Å². The molecule has 5 rings (SSSR count). The van der Waals surface area contributed by atoms with Crippen molar-refractivity contribution in [2.75, 3.05) is 38.1 Å². The SMILES string of the molecule is Cc1ccc(N2CCN(C)CC2)c2c1-n1ccc3c1C(=CCC3)C(Cl)=N2. The Balaban J connectivity index is 1.75. The molecular weight excluding hydrogens is 344 g/mol. The highest BCUT2D eigenvalue weighted by Gasteiger charge is 2.28. The third-order valence-electron chi connectivity index (χ3n) is 5.84. The fourth-order valence-electron chi connectivity index (χ4n) is 4.36. The van der Waals surface area contributed by atoms with Gasteiger partial charge in [0.15, 0.2) is 0 Å². The number of aromatic nitrogens is 1. The number of aryl methyl sites for hydroxylation is 2. The Bertz CT molecular complexity index is 945. The Labute approximate surface area is 159 Å². The maximum absolute atomic E-state index is 6.73. The standard InChI is InChI=1S/C21H23ClN4/c1-14-6-7-17(25-12-10-24(2)11-13-25)18-19(14)26-9-8-15-4-3-5-16(20(15)26)21(22)23-18/h5-9H,3-4,10-13H2,1-2H3. The Morgan fingerprint density at radius 3 is 2.69 bits per heavy atom. The van der Waals surface area contributed by atoms with Crippen LogP contribution in [0, 0.1) is 6.92 Å². The lowest BCUT2D eigenvalue weighted by molar-refractivity contribution is 0.313. The number of benzene rings is 1. The Morgan fingerprint density at radius 1 is 1.08 bits per heavy atom. The van der Waals surface area contributed by atoms with Gasteiger partial charge >= 0.3 is 0 Å². The molecule has 0 bridgehead atoms. The maximum atomic E-state index is 6.73. The van der Waals surface area contributed by atoms with Crippen LogP contribution < -0.4 is 4.90 Å². The number of allylic oxidation sites excluding steroid dienone is 2. The quantitative estimate of drug-likeness (QED) is 0.757. The van der Waals surface area contributed by atoms with Crippen molar-refractivity contribution in [3.8, 4) is 5.69 Å². The molecule has 0 atom stereocenters. The minimum absolute atomic E-state index is 0.616. The molecule has 134 valence electrons. The monoisotopic (exact) mass is 366 g/mol. The fraction of sp³-hybridized carbons (Fsp3) is 0.381. The summed E-state index contributed by atoms with van der Waals surface area (Å²) in [6.45, 7) is 6.35. The van der Waals surface area contributed by atoms with E-state index in [2.05, 4.69) is 58.8 Å². The summed E-state index contributed by atoms with van der Waals surface area (Å²) in [6.07, 6.45) is 6.52. The molecule has 1 saturated heterocycles. The zero-order chi connectivity index (χ0) is 17.8. The number of fused-ring (bicyclic) bond motifs is 2. The molecule has 3 heterocycles. The predicted octanol–water partition coefficient (Wildman–Crippen LogP) is 4.15. The van der Waals surface area contributed by atoms with Crippen LogP contribution in [0.2, 0.25) is 0 Å². The number of aliphatic imine (C=N–C) groups is 1. The lowest BCUT2D eigenvalue weighted by atomic mass is 9.98. The highest BCUT2D eigenvalue weighted by atomic mass is 35.5. The van der Waals surface area contributed by atoms with Crippen molar-refractivity contribution in [1.82, 2.24) is 9.47 Å². The zero-order valence-electron chi connectivity index (χ0n) is 15.3. The third-order valence-corrected chi connectivity index (χ3v) is 6.12. The molecule has 0 amide bonds. The molecule has 1 aromatic carbocycles. The number of hydrogen-bond donors (Lipinski definition) is 0. The number of likely N-dealkylation sites (N-methyl/N-ethyl adjacent to an activating group) is 1. The molecule has 2 aliphatic heterocycles. The first-order valence-corrected chi connectivity index (χ1v) is 9.74. The lowest BCUT2D eigenvalue weighted by Gasteiger charge is -2.35. The third kappa shape index (κ3) is 2.36.